The van der Waals surface area contributed by atoms with Gasteiger partial charge in [0.2, 0.25) is 0 Å². The Kier molecular flexibility index (Phi) is 5.95. The largest absolute Gasteiger partial charge is 0.379 e. The highest BCUT2D eigenvalue weighted by molar-refractivity contribution is 6.30. The molecule has 4 rings (SSSR count). The average Bonchev–Trinajstić information content (AvgIpc) is 2.91. The van der Waals surface area contributed by atoms with Gasteiger partial charge in [0.15, 0.2) is 0 Å². The Morgan fingerprint density at radius 1 is 1.14 bits per heavy atom. The van der Waals surface area contributed by atoms with Gasteiger partial charge in [0, 0.05) is 61.1 Å². The van der Waals surface area contributed by atoms with Crippen molar-refractivity contribution in [2.24, 2.45) is 5.41 Å². The van der Waals surface area contributed by atoms with Crippen LogP contribution in [0.15, 0.2) is 48.8 Å². The molecular weight excluding hydrogens is 374 g/mol. The van der Waals surface area contributed by atoms with Gasteiger partial charge in [-0.1, -0.05) is 17.7 Å². The second kappa shape index (κ2) is 8.60. The molecule has 2 aliphatic heterocycles. The summed E-state index contributed by atoms with van der Waals surface area (Å²) in [4.78, 5) is 21.5. The van der Waals surface area contributed by atoms with Gasteiger partial charge in [-0.3, -0.25) is 14.7 Å². The minimum absolute atomic E-state index is 0.0910. The van der Waals surface area contributed by atoms with Gasteiger partial charge >= 0.3 is 0 Å². The number of pyridine rings is 1. The molecule has 148 valence electrons. The number of hydrogen-bond donors (Lipinski definition) is 0. The lowest BCUT2D eigenvalue weighted by atomic mass is 9.78. The SMILES string of the molecule is O=C(c1ccc(Cl)cc1)N1CCC2(CC1)COCCN(Cc1cccnc1)C2. The summed E-state index contributed by atoms with van der Waals surface area (Å²) in [5.41, 5.74) is 2.06. The Balaban J connectivity index is 1.39. The zero-order chi connectivity index (χ0) is 19.4. The van der Waals surface area contributed by atoms with Gasteiger partial charge in [0.1, 0.15) is 0 Å². The average molecular weight is 400 g/mol. The number of hydrogen-bond acceptors (Lipinski definition) is 4. The number of carbonyl (C=O) groups is 1. The number of ether oxygens (including phenoxy) is 1. The second-order valence-electron chi connectivity index (χ2n) is 7.92. The minimum Gasteiger partial charge on any atom is -0.379 e. The molecular formula is C22H26ClN3O2. The summed E-state index contributed by atoms with van der Waals surface area (Å²) in [5.74, 6) is 0.0910. The van der Waals surface area contributed by atoms with Crippen LogP contribution in [-0.2, 0) is 11.3 Å². The Labute approximate surface area is 171 Å². The normalized spacial score (nSPS) is 20.1. The fourth-order valence-corrected chi connectivity index (χ4v) is 4.35. The number of piperidine rings is 1. The lowest BCUT2D eigenvalue weighted by molar-refractivity contribution is 0.0145. The van der Waals surface area contributed by atoms with E-state index in [9.17, 15) is 4.79 Å². The van der Waals surface area contributed by atoms with E-state index in [4.69, 9.17) is 16.3 Å². The van der Waals surface area contributed by atoms with Crippen molar-refractivity contribution in [3.63, 3.8) is 0 Å². The highest BCUT2D eigenvalue weighted by Gasteiger charge is 2.39. The van der Waals surface area contributed by atoms with E-state index in [-0.39, 0.29) is 11.3 Å². The molecule has 0 aliphatic carbocycles. The first kappa shape index (κ1) is 19.4. The van der Waals surface area contributed by atoms with E-state index < -0.39 is 0 Å². The molecule has 2 aromatic rings. The van der Waals surface area contributed by atoms with Crippen molar-refractivity contribution < 1.29 is 9.53 Å². The summed E-state index contributed by atoms with van der Waals surface area (Å²) in [6, 6.07) is 11.3. The zero-order valence-electron chi connectivity index (χ0n) is 16.0. The number of likely N-dealkylation sites (tertiary alicyclic amines) is 1. The van der Waals surface area contributed by atoms with Gasteiger partial charge in [-0.05, 0) is 48.7 Å². The van der Waals surface area contributed by atoms with Crippen molar-refractivity contribution in [1.29, 1.82) is 0 Å². The summed E-state index contributed by atoms with van der Waals surface area (Å²) in [5, 5.41) is 0.651. The molecule has 5 nitrogen and oxygen atoms in total. The van der Waals surface area contributed by atoms with E-state index in [1.54, 1.807) is 24.3 Å². The molecule has 0 atom stereocenters. The van der Waals surface area contributed by atoms with Gasteiger partial charge in [0.05, 0.1) is 13.2 Å². The van der Waals surface area contributed by atoms with Crippen molar-refractivity contribution >= 4 is 17.5 Å². The smallest absolute Gasteiger partial charge is 0.253 e. The van der Waals surface area contributed by atoms with Crippen LogP contribution in [0.5, 0.6) is 0 Å². The molecule has 2 aliphatic rings. The van der Waals surface area contributed by atoms with E-state index in [1.165, 1.54) is 5.56 Å². The van der Waals surface area contributed by atoms with E-state index >= 15 is 0 Å². The van der Waals surface area contributed by atoms with Gasteiger partial charge < -0.3 is 9.64 Å². The fraction of sp³-hybridized carbons (Fsp3) is 0.455. The van der Waals surface area contributed by atoms with E-state index in [2.05, 4.69) is 16.0 Å². The first-order valence-corrected chi connectivity index (χ1v) is 10.3. The van der Waals surface area contributed by atoms with Crippen LogP contribution in [0.1, 0.15) is 28.8 Å². The molecule has 0 radical (unpaired) electrons. The van der Waals surface area contributed by atoms with Gasteiger partial charge in [-0.2, -0.15) is 0 Å². The summed E-state index contributed by atoms with van der Waals surface area (Å²) in [6.07, 6.45) is 5.68. The highest BCUT2D eigenvalue weighted by atomic mass is 35.5. The van der Waals surface area contributed by atoms with Crippen LogP contribution in [0.3, 0.4) is 0 Å². The number of aromatic nitrogens is 1. The Bertz CT molecular complexity index is 789. The summed E-state index contributed by atoms with van der Waals surface area (Å²) < 4.78 is 5.97. The summed E-state index contributed by atoms with van der Waals surface area (Å²) >= 11 is 5.94. The molecule has 0 unspecified atom stereocenters. The van der Waals surface area contributed by atoms with Crippen molar-refractivity contribution in [3.8, 4) is 0 Å². The van der Waals surface area contributed by atoms with Crippen molar-refractivity contribution in [3.05, 3.63) is 64.9 Å². The number of rotatable bonds is 3. The molecule has 1 amide bonds. The molecule has 0 N–H and O–H groups in total. The maximum absolute atomic E-state index is 12.8. The standard InChI is InChI=1S/C22H26ClN3O2/c23-20-5-3-19(4-6-20)21(27)26-10-7-22(8-11-26)16-25(12-13-28-17-22)15-18-2-1-9-24-14-18/h1-6,9,14H,7-8,10-13,15-17H2. The third-order valence-corrected chi connectivity index (χ3v) is 6.10. The van der Waals surface area contributed by atoms with Crippen LogP contribution in [0, 0.1) is 5.41 Å². The van der Waals surface area contributed by atoms with Crippen LogP contribution >= 0.6 is 11.6 Å². The first-order chi connectivity index (χ1) is 13.6. The maximum Gasteiger partial charge on any atom is 0.253 e. The van der Waals surface area contributed by atoms with Crippen molar-refractivity contribution in [2.75, 3.05) is 39.4 Å². The van der Waals surface area contributed by atoms with Crippen LogP contribution < -0.4 is 0 Å². The van der Waals surface area contributed by atoms with Gasteiger partial charge in [-0.15, -0.1) is 0 Å². The van der Waals surface area contributed by atoms with Crippen molar-refractivity contribution in [2.45, 2.75) is 19.4 Å². The molecule has 3 heterocycles. The Morgan fingerprint density at radius 2 is 1.93 bits per heavy atom. The second-order valence-corrected chi connectivity index (χ2v) is 8.36. The molecule has 6 heteroatoms. The summed E-state index contributed by atoms with van der Waals surface area (Å²) in [7, 11) is 0. The number of amides is 1. The van der Waals surface area contributed by atoms with Crippen molar-refractivity contribution in [1.82, 2.24) is 14.8 Å². The zero-order valence-corrected chi connectivity index (χ0v) is 16.8. The third kappa shape index (κ3) is 4.54. The van der Waals surface area contributed by atoms with Crippen LogP contribution in [0.2, 0.25) is 5.02 Å². The molecule has 2 fully saturated rings. The number of carbonyl (C=O) groups excluding carboxylic acids is 1. The number of halogens is 1. The van der Waals surface area contributed by atoms with Crippen LogP contribution in [0.4, 0.5) is 0 Å². The molecule has 1 aromatic carbocycles. The van der Waals surface area contributed by atoms with Crippen LogP contribution in [0.25, 0.3) is 0 Å². The highest BCUT2D eigenvalue weighted by Crippen LogP contribution is 2.35. The molecule has 0 bridgehead atoms. The molecule has 0 saturated carbocycles. The number of nitrogens with zero attached hydrogens (tertiary/aromatic N) is 3. The Hall–Kier alpha value is -1.95. The van der Waals surface area contributed by atoms with E-state index in [1.807, 2.05) is 23.4 Å². The van der Waals surface area contributed by atoms with E-state index in [0.29, 0.717) is 10.6 Å². The molecule has 28 heavy (non-hydrogen) atoms. The quantitative estimate of drug-likeness (QED) is 0.792. The predicted molar refractivity (Wildman–Crippen MR) is 109 cm³/mol. The topological polar surface area (TPSA) is 45.7 Å². The molecule has 2 saturated heterocycles. The minimum atomic E-state index is 0.0910. The maximum atomic E-state index is 12.8. The molecule has 1 spiro atoms. The lowest BCUT2D eigenvalue weighted by Crippen LogP contribution is -2.48. The Morgan fingerprint density at radius 3 is 2.64 bits per heavy atom. The molecule has 1 aromatic heterocycles. The van der Waals surface area contributed by atoms with Gasteiger partial charge in [0.25, 0.3) is 5.91 Å². The summed E-state index contributed by atoms with van der Waals surface area (Å²) in [6.45, 7) is 5.91. The lowest BCUT2D eigenvalue weighted by Gasteiger charge is -2.42. The fourth-order valence-electron chi connectivity index (χ4n) is 4.23. The number of benzene rings is 1. The third-order valence-electron chi connectivity index (χ3n) is 5.85. The predicted octanol–water partition coefficient (Wildman–Crippen LogP) is 3.49. The first-order valence-electron chi connectivity index (χ1n) is 9.87. The van der Waals surface area contributed by atoms with Crippen LogP contribution in [-0.4, -0.2) is 60.1 Å². The monoisotopic (exact) mass is 399 g/mol. The van der Waals surface area contributed by atoms with Gasteiger partial charge in [-0.25, -0.2) is 0 Å². The van der Waals surface area contributed by atoms with E-state index in [0.717, 1.165) is 58.8 Å².